The molecule has 2 aromatic rings. The maximum Gasteiger partial charge on any atom is 0.160 e. The third-order valence-corrected chi connectivity index (χ3v) is 2.72. The highest BCUT2D eigenvalue weighted by atomic mass is 15.3. The van der Waals surface area contributed by atoms with Gasteiger partial charge in [0.05, 0.1) is 0 Å². The minimum Gasteiger partial charge on any atom is -0.356 e. The second-order valence-electron chi connectivity index (χ2n) is 3.77. The molecule has 6 heteroatoms. The fourth-order valence-electron chi connectivity index (χ4n) is 1.91. The molecule has 3 rings (SSSR count). The Hall–Kier alpha value is -1.98. The van der Waals surface area contributed by atoms with Crippen LogP contribution < -0.4 is 4.90 Å². The first-order chi connectivity index (χ1) is 7.93. The Morgan fingerprint density at radius 2 is 1.81 bits per heavy atom. The molecule has 1 aliphatic rings. The van der Waals surface area contributed by atoms with E-state index in [2.05, 4.69) is 25.0 Å². The number of anilines is 1. The molecule has 3 heterocycles. The minimum atomic E-state index is 0.759. The van der Waals surface area contributed by atoms with Crippen LogP contribution >= 0.6 is 0 Å². The lowest BCUT2D eigenvalue weighted by Gasteiger charge is -2.16. The molecule has 0 bridgehead atoms. The highest BCUT2D eigenvalue weighted by Gasteiger charge is 2.14. The fraction of sp³-hybridized carbons (Fsp3) is 0.400. The lowest BCUT2D eigenvalue weighted by Crippen LogP contribution is -2.19. The van der Waals surface area contributed by atoms with Crippen LogP contribution in [0.2, 0.25) is 0 Å². The summed E-state index contributed by atoms with van der Waals surface area (Å²) in [5, 5.41) is 4.05. The van der Waals surface area contributed by atoms with Crippen LogP contribution in [0.5, 0.6) is 0 Å². The predicted octanol–water partition coefficient (Wildman–Crippen LogP) is 0.657. The zero-order valence-electron chi connectivity index (χ0n) is 8.82. The van der Waals surface area contributed by atoms with Gasteiger partial charge < -0.3 is 4.90 Å². The van der Waals surface area contributed by atoms with Crippen molar-refractivity contribution in [2.45, 2.75) is 12.8 Å². The summed E-state index contributed by atoms with van der Waals surface area (Å²) in [7, 11) is 0. The first-order valence-corrected chi connectivity index (χ1v) is 5.35. The van der Waals surface area contributed by atoms with E-state index >= 15 is 0 Å². The maximum atomic E-state index is 4.28. The van der Waals surface area contributed by atoms with E-state index in [1.54, 1.807) is 17.3 Å². The smallest absolute Gasteiger partial charge is 0.160 e. The first kappa shape index (κ1) is 9.26. The van der Waals surface area contributed by atoms with Crippen molar-refractivity contribution in [3.05, 3.63) is 25.0 Å². The molecule has 82 valence electrons. The molecule has 0 atom stereocenters. The predicted molar refractivity (Wildman–Crippen MR) is 58.4 cm³/mol. The van der Waals surface area contributed by atoms with Crippen LogP contribution in [-0.2, 0) is 0 Å². The van der Waals surface area contributed by atoms with Crippen LogP contribution in [-0.4, -0.2) is 37.8 Å². The molecule has 1 aliphatic heterocycles. The zero-order chi connectivity index (χ0) is 10.8. The van der Waals surface area contributed by atoms with Crippen LogP contribution in [0, 0.1) is 0 Å². The van der Waals surface area contributed by atoms with Crippen molar-refractivity contribution in [2.24, 2.45) is 0 Å². The molecule has 0 spiro atoms. The molecule has 0 aliphatic carbocycles. The molecule has 0 saturated carbocycles. The van der Waals surface area contributed by atoms with Crippen molar-refractivity contribution in [1.82, 2.24) is 24.7 Å². The summed E-state index contributed by atoms with van der Waals surface area (Å²) in [4.78, 5) is 14.6. The quantitative estimate of drug-likeness (QED) is 0.738. The summed E-state index contributed by atoms with van der Waals surface area (Å²) in [6.45, 7) is 2.15. The van der Waals surface area contributed by atoms with Crippen LogP contribution in [0.15, 0.2) is 25.0 Å². The summed E-state index contributed by atoms with van der Waals surface area (Å²) in [5.74, 6) is 1.73. The SMILES string of the molecule is c1nc(N2CCCC2)cc(-n2cncn2)n1. The zero-order valence-corrected chi connectivity index (χ0v) is 8.82. The molecular formula is C10H12N6. The van der Waals surface area contributed by atoms with Gasteiger partial charge in [-0.2, -0.15) is 5.10 Å². The van der Waals surface area contributed by atoms with Gasteiger partial charge in [-0.3, -0.25) is 0 Å². The van der Waals surface area contributed by atoms with Crippen molar-refractivity contribution in [2.75, 3.05) is 18.0 Å². The van der Waals surface area contributed by atoms with E-state index in [1.807, 2.05) is 6.07 Å². The van der Waals surface area contributed by atoms with Crippen molar-refractivity contribution in [1.29, 1.82) is 0 Å². The summed E-state index contributed by atoms with van der Waals surface area (Å²) < 4.78 is 1.64. The van der Waals surface area contributed by atoms with Crippen LogP contribution in [0.4, 0.5) is 5.82 Å². The average molecular weight is 216 g/mol. The third kappa shape index (κ3) is 1.62. The number of aromatic nitrogens is 5. The molecular weight excluding hydrogens is 204 g/mol. The molecule has 2 aromatic heterocycles. The highest BCUT2D eigenvalue weighted by Crippen LogP contribution is 2.18. The van der Waals surface area contributed by atoms with Crippen molar-refractivity contribution in [3.63, 3.8) is 0 Å². The number of rotatable bonds is 2. The van der Waals surface area contributed by atoms with Crippen molar-refractivity contribution < 1.29 is 0 Å². The molecule has 1 fully saturated rings. The second-order valence-corrected chi connectivity index (χ2v) is 3.77. The van der Waals surface area contributed by atoms with Gasteiger partial charge >= 0.3 is 0 Å². The van der Waals surface area contributed by atoms with E-state index in [9.17, 15) is 0 Å². The maximum absolute atomic E-state index is 4.28. The van der Waals surface area contributed by atoms with E-state index in [4.69, 9.17) is 0 Å². The molecule has 1 saturated heterocycles. The summed E-state index contributed by atoms with van der Waals surface area (Å²) in [5.41, 5.74) is 0. The van der Waals surface area contributed by atoms with Crippen molar-refractivity contribution >= 4 is 5.82 Å². The Morgan fingerprint density at radius 3 is 2.56 bits per heavy atom. The van der Waals surface area contributed by atoms with Gasteiger partial charge in [0.15, 0.2) is 5.82 Å². The van der Waals surface area contributed by atoms with E-state index in [-0.39, 0.29) is 0 Å². The first-order valence-electron chi connectivity index (χ1n) is 5.35. The molecule has 6 nitrogen and oxygen atoms in total. The van der Waals surface area contributed by atoms with E-state index in [1.165, 1.54) is 19.2 Å². The van der Waals surface area contributed by atoms with Gasteiger partial charge in [-0.15, -0.1) is 0 Å². The molecule has 0 N–H and O–H groups in total. The standard InChI is InChI=1S/C10H12N6/c1-2-4-15(3-1)9-5-10(13-7-12-9)16-8-11-6-14-16/h5-8H,1-4H2. The van der Waals surface area contributed by atoms with E-state index < -0.39 is 0 Å². The topological polar surface area (TPSA) is 59.7 Å². The molecule has 0 amide bonds. The fourth-order valence-corrected chi connectivity index (χ4v) is 1.91. The van der Waals surface area contributed by atoms with E-state index in [0.29, 0.717) is 0 Å². The Kier molecular flexibility index (Phi) is 2.25. The molecule has 0 radical (unpaired) electrons. The lowest BCUT2D eigenvalue weighted by molar-refractivity contribution is 0.829. The minimum absolute atomic E-state index is 0.759. The Balaban J connectivity index is 1.93. The Labute approximate surface area is 93.0 Å². The van der Waals surface area contributed by atoms with Gasteiger partial charge in [-0.05, 0) is 12.8 Å². The van der Waals surface area contributed by atoms with Gasteiger partial charge in [0.1, 0.15) is 24.8 Å². The van der Waals surface area contributed by atoms with Crippen LogP contribution in [0.3, 0.4) is 0 Å². The Morgan fingerprint density at radius 1 is 1.00 bits per heavy atom. The molecule has 16 heavy (non-hydrogen) atoms. The van der Waals surface area contributed by atoms with Crippen molar-refractivity contribution in [3.8, 4) is 5.82 Å². The van der Waals surface area contributed by atoms with Gasteiger partial charge in [0, 0.05) is 19.2 Å². The summed E-state index contributed by atoms with van der Waals surface area (Å²) >= 11 is 0. The van der Waals surface area contributed by atoms with Crippen LogP contribution in [0.1, 0.15) is 12.8 Å². The van der Waals surface area contributed by atoms with Gasteiger partial charge in [-0.25, -0.2) is 19.6 Å². The van der Waals surface area contributed by atoms with Gasteiger partial charge in [-0.1, -0.05) is 0 Å². The summed E-state index contributed by atoms with van der Waals surface area (Å²) in [6, 6.07) is 1.94. The van der Waals surface area contributed by atoms with Crippen LogP contribution in [0.25, 0.3) is 5.82 Å². The Bertz CT molecular complexity index is 460. The van der Waals surface area contributed by atoms with Gasteiger partial charge in [0.25, 0.3) is 0 Å². The largest absolute Gasteiger partial charge is 0.356 e. The number of hydrogen-bond acceptors (Lipinski definition) is 5. The molecule has 0 aromatic carbocycles. The molecule has 0 unspecified atom stereocenters. The number of hydrogen-bond donors (Lipinski definition) is 0. The normalized spacial score (nSPS) is 15.6. The monoisotopic (exact) mass is 216 g/mol. The average Bonchev–Trinajstić information content (AvgIpc) is 3.03. The summed E-state index contributed by atoms with van der Waals surface area (Å²) in [6.07, 6.45) is 7.18. The lowest BCUT2D eigenvalue weighted by atomic mass is 10.4. The number of nitrogens with zero attached hydrogens (tertiary/aromatic N) is 6. The van der Waals surface area contributed by atoms with Gasteiger partial charge in [0.2, 0.25) is 0 Å². The highest BCUT2D eigenvalue weighted by molar-refractivity contribution is 5.43. The second kappa shape index (κ2) is 3.88. The van der Waals surface area contributed by atoms with E-state index in [0.717, 1.165) is 24.7 Å². The third-order valence-electron chi connectivity index (χ3n) is 2.72.